The van der Waals surface area contributed by atoms with Crippen molar-refractivity contribution in [3.8, 4) is 0 Å². The first-order valence-electron chi connectivity index (χ1n) is 8.29. The highest BCUT2D eigenvalue weighted by molar-refractivity contribution is 6.00. The molecule has 0 spiro atoms. The SMILES string of the molecule is CCc1ccccc1N1CC(C(=O)N(C)CCCC(=O)O)CC1=O. The van der Waals surface area contributed by atoms with Gasteiger partial charge in [0, 0.05) is 38.7 Å². The van der Waals surface area contributed by atoms with Gasteiger partial charge in [0.15, 0.2) is 0 Å². The predicted octanol–water partition coefficient (Wildman–Crippen LogP) is 1.93. The van der Waals surface area contributed by atoms with Gasteiger partial charge in [-0.3, -0.25) is 14.4 Å². The van der Waals surface area contributed by atoms with Gasteiger partial charge in [-0.2, -0.15) is 0 Å². The molecule has 2 rings (SSSR count). The summed E-state index contributed by atoms with van der Waals surface area (Å²) >= 11 is 0. The molecule has 6 nitrogen and oxygen atoms in total. The number of aliphatic carboxylic acids is 1. The number of benzene rings is 1. The quantitative estimate of drug-likeness (QED) is 0.827. The minimum absolute atomic E-state index is 0.0341. The molecule has 24 heavy (non-hydrogen) atoms. The van der Waals surface area contributed by atoms with Gasteiger partial charge in [0.2, 0.25) is 11.8 Å². The number of carbonyl (C=O) groups excluding carboxylic acids is 2. The summed E-state index contributed by atoms with van der Waals surface area (Å²) in [4.78, 5) is 38.7. The zero-order valence-corrected chi connectivity index (χ0v) is 14.2. The zero-order chi connectivity index (χ0) is 17.7. The van der Waals surface area contributed by atoms with E-state index in [0.29, 0.717) is 19.5 Å². The number of hydrogen-bond donors (Lipinski definition) is 1. The first kappa shape index (κ1) is 18.0. The Labute approximate surface area is 142 Å². The normalized spacial score (nSPS) is 17.2. The number of amides is 2. The van der Waals surface area contributed by atoms with E-state index in [0.717, 1.165) is 17.7 Å². The average molecular weight is 332 g/mol. The standard InChI is InChI=1S/C18H24N2O4/c1-3-13-7-4-5-8-15(13)20-12-14(11-16(20)21)18(24)19(2)10-6-9-17(22)23/h4-5,7-8,14H,3,6,9-12H2,1-2H3,(H,22,23). The lowest BCUT2D eigenvalue weighted by atomic mass is 10.1. The fourth-order valence-corrected chi connectivity index (χ4v) is 3.07. The van der Waals surface area contributed by atoms with Crippen molar-refractivity contribution < 1.29 is 19.5 Å². The molecule has 0 bridgehead atoms. The monoisotopic (exact) mass is 332 g/mol. The van der Waals surface area contributed by atoms with Crippen molar-refractivity contribution in [1.29, 1.82) is 0 Å². The lowest BCUT2D eigenvalue weighted by molar-refractivity contribution is -0.138. The van der Waals surface area contributed by atoms with E-state index in [-0.39, 0.29) is 30.6 Å². The first-order valence-corrected chi connectivity index (χ1v) is 8.29. The lowest BCUT2D eigenvalue weighted by Gasteiger charge is -2.22. The third-order valence-electron chi connectivity index (χ3n) is 4.40. The second-order valence-electron chi connectivity index (χ2n) is 6.14. The van der Waals surface area contributed by atoms with Crippen molar-refractivity contribution in [2.45, 2.75) is 32.6 Å². The Bertz CT molecular complexity index is 629. The summed E-state index contributed by atoms with van der Waals surface area (Å²) in [6.45, 7) is 2.82. The maximum absolute atomic E-state index is 12.5. The van der Waals surface area contributed by atoms with Gasteiger partial charge in [-0.1, -0.05) is 25.1 Å². The number of hydrogen-bond acceptors (Lipinski definition) is 3. The summed E-state index contributed by atoms with van der Waals surface area (Å²) in [6, 6.07) is 7.76. The van der Waals surface area contributed by atoms with Gasteiger partial charge < -0.3 is 14.9 Å². The van der Waals surface area contributed by atoms with Gasteiger partial charge in [-0.05, 0) is 24.5 Å². The van der Waals surface area contributed by atoms with Crippen LogP contribution in [0.4, 0.5) is 5.69 Å². The molecule has 1 aliphatic heterocycles. The van der Waals surface area contributed by atoms with Crippen LogP contribution in [0.1, 0.15) is 31.7 Å². The fourth-order valence-electron chi connectivity index (χ4n) is 3.07. The molecule has 1 saturated heterocycles. The number of carboxylic acids is 1. The number of aryl methyl sites for hydroxylation is 1. The molecule has 6 heteroatoms. The fraction of sp³-hybridized carbons (Fsp3) is 0.500. The first-order chi connectivity index (χ1) is 11.4. The molecule has 1 aliphatic rings. The van der Waals surface area contributed by atoms with E-state index in [9.17, 15) is 14.4 Å². The summed E-state index contributed by atoms with van der Waals surface area (Å²) in [5, 5.41) is 8.67. The van der Waals surface area contributed by atoms with Crippen molar-refractivity contribution in [3.05, 3.63) is 29.8 Å². The van der Waals surface area contributed by atoms with Crippen LogP contribution in [0.15, 0.2) is 24.3 Å². The third-order valence-corrected chi connectivity index (χ3v) is 4.40. The van der Waals surface area contributed by atoms with E-state index in [1.165, 1.54) is 4.90 Å². The lowest BCUT2D eigenvalue weighted by Crippen LogP contribution is -2.35. The number of carbonyl (C=O) groups is 3. The second kappa shape index (κ2) is 7.95. The maximum Gasteiger partial charge on any atom is 0.303 e. The van der Waals surface area contributed by atoms with Crippen LogP contribution in [0.5, 0.6) is 0 Å². The highest BCUT2D eigenvalue weighted by Gasteiger charge is 2.36. The highest BCUT2D eigenvalue weighted by Crippen LogP contribution is 2.29. The van der Waals surface area contributed by atoms with Crippen molar-refractivity contribution >= 4 is 23.5 Å². The van der Waals surface area contributed by atoms with Crippen LogP contribution >= 0.6 is 0 Å². The molecule has 0 saturated carbocycles. The van der Waals surface area contributed by atoms with Crippen molar-refractivity contribution in [2.75, 3.05) is 25.0 Å². The topological polar surface area (TPSA) is 77.9 Å². The summed E-state index contributed by atoms with van der Waals surface area (Å²) < 4.78 is 0. The highest BCUT2D eigenvalue weighted by atomic mass is 16.4. The molecule has 1 atom stereocenters. The van der Waals surface area contributed by atoms with E-state index in [1.54, 1.807) is 11.9 Å². The number of para-hydroxylation sites is 1. The minimum Gasteiger partial charge on any atom is -0.481 e. The van der Waals surface area contributed by atoms with E-state index in [4.69, 9.17) is 5.11 Å². The minimum atomic E-state index is -0.866. The largest absolute Gasteiger partial charge is 0.481 e. The van der Waals surface area contributed by atoms with Crippen LogP contribution in [-0.2, 0) is 20.8 Å². The molecule has 1 heterocycles. The van der Waals surface area contributed by atoms with Crippen LogP contribution in [-0.4, -0.2) is 47.9 Å². The molecule has 1 N–H and O–H groups in total. The van der Waals surface area contributed by atoms with Crippen molar-refractivity contribution in [1.82, 2.24) is 4.90 Å². The maximum atomic E-state index is 12.5. The van der Waals surface area contributed by atoms with Gasteiger partial charge >= 0.3 is 5.97 Å². The molecular formula is C18H24N2O4. The van der Waals surface area contributed by atoms with Gasteiger partial charge in [0.05, 0.1) is 5.92 Å². The van der Waals surface area contributed by atoms with Gasteiger partial charge in [-0.15, -0.1) is 0 Å². The Kier molecular flexibility index (Phi) is 5.95. The Hall–Kier alpha value is -2.37. The van der Waals surface area contributed by atoms with Crippen LogP contribution < -0.4 is 4.90 Å². The average Bonchev–Trinajstić information content (AvgIpc) is 2.95. The molecule has 130 valence electrons. The van der Waals surface area contributed by atoms with Crippen molar-refractivity contribution in [2.24, 2.45) is 5.92 Å². The van der Waals surface area contributed by atoms with E-state index in [2.05, 4.69) is 0 Å². The van der Waals surface area contributed by atoms with E-state index in [1.807, 2.05) is 31.2 Å². The van der Waals surface area contributed by atoms with Gasteiger partial charge in [-0.25, -0.2) is 0 Å². The second-order valence-corrected chi connectivity index (χ2v) is 6.14. The Morgan fingerprint density at radius 3 is 2.71 bits per heavy atom. The summed E-state index contributed by atoms with van der Waals surface area (Å²) in [5.74, 6) is -1.36. The summed E-state index contributed by atoms with van der Waals surface area (Å²) in [5.41, 5.74) is 1.97. The molecule has 0 aliphatic carbocycles. The molecular weight excluding hydrogens is 308 g/mol. The van der Waals surface area contributed by atoms with E-state index < -0.39 is 5.97 Å². The predicted molar refractivity (Wildman–Crippen MR) is 90.8 cm³/mol. The number of carboxylic acid groups (broad SMARTS) is 1. The van der Waals surface area contributed by atoms with Crippen LogP contribution in [0.2, 0.25) is 0 Å². The number of nitrogens with zero attached hydrogens (tertiary/aromatic N) is 2. The van der Waals surface area contributed by atoms with Crippen molar-refractivity contribution in [3.63, 3.8) is 0 Å². The van der Waals surface area contributed by atoms with Gasteiger partial charge in [0.1, 0.15) is 0 Å². The molecule has 1 unspecified atom stereocenters. The molecule has 1 aromatic carbocycles. The summed E-state index contributed by atoms with van der Waals surface area (Å²) in [7, 11) is 1.66. The Morgan fingerprint density at radius 2 is 2.04 bits per heavy atom. The van der Waals surface area contributed by atoms with E-state index >= 15 is 0 Å². The van der Waals surface area contributed by atoms with Crippen LogP contribution in [0, 0.1) is 5.92 Å². The Morgan fingerprint density at radius 1 is 1.33 bits per heavy atom. The summed E-state index contributed by atoms with van der Waals surface area (Å²) in [6.07, 6.45) is 1.49. The number of rotatable bonds is 7. The van der Waals surface area contributed by atoms with Gasteiger partial charge in [0.25, 0.3) is 0 Å². The molecule has 0 aromatic heterocycles. The zero-order valence-electron chi connectivity index (χ0n) is 14.2. The Balaban J connectivity index is 2.01. The smallest absolute Gasteiger partial charge is 0.303 e. The number of anilines is 1. The molecule has 1 fully saturated rings. The third kappa shape index (κ3) is 4.13. The molecule has 2 amide bonds. The molecule has 1 aromatic rings. The van der Waals surface area contributed by atoms with Crippen LogP contribution in [0.3, 0.4) is 0 Å². The molecule has 0 radical (unpaired) electrons. The van der Waals surface area contributed by atoms with Crippen LogP contribution in [0.25, 0.3) is 0 Å².